The van der Waals surface area contributed by atoms with E-state index in [1.54, 1.807) is 0 Å². The van der Waals surface area contributed by atoms with Crippen LogP contribution in [0.2, 0.25) is 0 Å². The smallest absolute Gasteiger partial charge is 0.289 e. The molecule has 0 saturated heterocycles. The van der Waals surface area contributed by atoms with E-state index in [2.05, 4.69) is 10.3 Å². The Balaban J connectivity index is 2.03. The Kier molecular flexibility index (Phi) is 3.00. The molecule has 1 aromatic carbocycles. The van der Waals surface area contributed by atoms with Crippen LogP contribution in [0.25, 0.3) is 0 Å². The zero-order valence-corrected chi connectivity index (χ0v) is 8.88. The molecule has 0 aliphatic carbocycles. The number of carbonyl (C=O) groups excluding carboxylic acids is 1. The van der Waals surface area contributed by atoms with Crippen molar-refractivity contribution in [3.8, 4) is 0 Å². The van der Waals surface area contributed by atoms with Crippen LogP contribution in [0.1, 0.15) is 29.1 Å². The lowest BCUT2D eigenvalue weighted by Crippen LogP contribution is -2.26. The topological polar surface area (TPSA) is 55.1 Å². The number of carbonyl (C=O) groups is 1. The van der Waals surface area contributed by atoms with E-state index in [-0.39, 0.29) is 17.7 Å². The number of hydrogen-bond donors (Lipinski definition) is 1. The summed E-state index contributed by atoms with van der Waals surface area (Å²) in [6, 6.07) is 9.68. The Hall–Kier alpha value is -2.10. The van der Waals surface area contributed by atoms with E-state index in [9.17, 15) is 4.79 Å². The largest absolute Gasteiger partial charge is 0.438 e. The highest BCUT2D eigenvalue weighted by Gasteiger charge is 2.13. The standard InChI is InChI=1S/C12H12N2O2/c1-9(10-5-3-2-4-6-10)14-12(15)11-7-13-8-16-11/h2-9H,1H3,(H,14,15)/t9-/m0/s1. The summed E-state index contributed by atoms with van der Waals surface area (Å²) in [5.74, 6) is -0.0309. The molecule has 2 rings (SSSR count). The average Bonchev–Trinajstić information content (AvgIpc) is 2.83. The highest BCUT2D eigenvalue weighted by molar-refractivity contribution is 5.91. The zero-order valence-electron chi connectivity index (χ0n) is 8.88. The lowest BCUT2D eigenvalue weighted by Gasteiger charge is -2.12. The van der Waals surface area contributed by atoms with Crippen molar-refractivity contribution >= 4 is 5.91 Å². The minimum atomic E-state index is -0.256. The molecule has 0 aliphatic heterocycles. The van der Waals surface area contributed by atoms with Gasteiger partial charge in [-0.3, -0.25) is 4.79 Å². The van der Waals surface area contributed by atoms with Crippen molar-refractivity contribution in [2.75, 3.05) is 0 Å². The van der Waals surface area contributed by atoms with Gasteiger partial charge in [0.15, 0.2) is 6.39 Å². The minimum absolute atomic E-state index is 0.0567. The van der Waals surface area contributed by atoms with Crippen molar-refractivity contribution in [2.45, 2.75) is 13.0 Å². The summed E-state index contributed by atoms with van der Waals surface area (Å²) in [6.45, 7) is 1.92. The third-order valence-electron chi connectivity index (χ3n) is 2.30. The molecular formula is C12H12N2O2. The zero-order chi connectivity index (χ0) is 11.4. The Morgan fingerprint density at radius 3 is 2.75 bits per heavy atom. The van der Waals surface area contributed by atoms with Gasteiger partial charge in [0.1, 0.15) is 0 Å². The van der Waals surface area contributed by atoms with Crippen LogP contribution in [0, 0.1) is 0 Å². The van der Waals surface area contributed by atoms with Crippen LogP contribution in [-0.2, 0) is 0 Å². The molecule has 0 aliphatic rings. The van der Waals surface area contributed by atoms with Gasteiger partial charge < -0.3 is 9.73 Å². The molecule has 0 spiro atoms. The molecule has 0 unspecified atom stereocenters. The lowest BCUT2D eigenvalue weighted by atomic mass is 10.1. The van der Waals surface area contributed by atoms with Gasteiger partial charge in [-0.2, -0.15) is 0 Å². The van der Waals surface area contributed by atoms with Gasteiger partial charge in [0, 0.05) is 0 Å². The van der Waals surface area contributed by atoms with Gasteiger partial charge >= 0.3 is 0 Å². The van der Waals surface area contributed by atoms with Crippen LogP contribution in [0.5, 0.6) is 0 Å². The van der Waals surface area contributed by atoms with E-state index in [1.165, 1.54) is 12.6 Å². The lowest BCUT2D eigenvalue weighted by molar-refractivity contribution is 0.0912. The first-order chi connectivity index (χ1) is 7.77. The summed E-state index contributed by atoms with van der Waals surface area (Å²) >= 11 is 0. The van der Waals surface area contributed by atoms with E-state index in [0.717, 1.165) is 5.56 Å². The number of oxazole rings is 1. The molecule has 2 aromatic rings. The normalized spacial score (nSPS) is 12.1. The van der Waals surface area contributed by atoms with E-state index in [1.807, 2.05) is 37.3 Å². The maximum absolute atomic E-state index is 11.6. The summed E-state index contributed by atoms with van der Waals surface area (Å²) in [7, 11) is 0. The Morgan fingerprint density at radius 2 is 2.12 bits per heavy atom. The molecule has 82 valence electrons. The minimum Gasteiger partial charge on any atom is -0.438 e. The van der Waals surface area contributed by atoms with Gasteiger partial charge in [-0.1, -0.05) is 30.3 Å². The maximum Gasteiger partial charge on any atom is 0.289 e. The van der Waals surface area contributed by atoms with Crippen molar-refractivity contribution in [1.29, 1.82) is 0 Å². The maximum atomic E-state index is 11.6. The summed E-state index contributed by atoms with van der Waals surface area (Å²) < 4.78 is 4.91. The predicted molar refractivity (Wildman–Crippen MR) is 58.8 cm³/mol. The number of rotatable bonds is 3. The van der Waals surface area contributed by atoms with E-state index in [4.69, 9.17) is 4.42 Å². The fraction of sp³-hybridized carbons (Fsp3) is 0.167. The highest BCUT2D eigenvalue weighted by atomic mass is 16.3. The van der Waals surface area contributed by atoms with E-state index in [0.29, 0.717) is 0 Å². The Labute approximate surface area is 93.3 Å². The molecule has 16 heavy (non-hydrogen) atoms. The number of amides is 1. The van der Waals surface area contributed by atoms with Crippen LogP contribution in [0.15, 0.2) is 47.3 Å². The molecular weight excluding hydrogens is 204 g/mol. The Morgan fingerprint density at radius 1 is 1.38 bits per heavy atom. The number of aromatic nitrogens is 1. The average molecular weight is 216 g/mol. The van der Waals surface area contributed by atoms with Crippen molar-refractivity contribution in [1.82, 2.24) is 10.3 Å². The first-order valence-corrected chi connectivity index (χ1v) is 5.01. The second kappa shape index (κ2) is 4.61. The molecule has 1 amide bonds. The molecule has 0 radical (unpaired) electrons. The van der Waals surface area contributed by atoms with Crippen molar-refractivity contribution in [3.05, 3.63) is 54.2 Å². The molecule has 0 bridgehead atoms. The van der Waals surface area contributed by atoms with Gasteiger partial charge in [0.25, 0.3) is 5.91 Å². The number of nitrogens with zero attached hydrogens (tertiary/aromatic N) is 1. The third-order valence-corrected chi connectivity index (χ3v) is 2.30. The van der Waals surface area contributed by atoms with Gasteiger partial charge in [0.2, 0.25) is 5.76 Å². The van der Waals surface area contributed by atoms with Crippen LogP contribution in [-0.4, -0.2) is 10.9 Å². The molecule has 0 saturated carbocycles. The second-order valence-corrected chi connectivity index (χ2v) is 3.47. The monoisotopic (exact) mass is 216 g/mol. The number of hydrogen-bond acceptors (Lipinski definition) is 3. The third kappa shape index (κ3) is 2.28. The van der Waals surface area contributed by atoms with Crippen molar-refractivity contribution < 1.29 is 9.21 Å². The number of nitrogens with one attached hydrogen (secondary N) is 1. The molecule has 0 fully saturated rings. The first-order valence-electron chi connectivity index (χ1n) is 5.01. The fourth-order valence-corrected chi connectivity index (χ4v) is 1.42. The fourth-order valence-electron chi connectivity index (χ4n) is 1.42. The van der Waals surface area contributed by atoms with Crippen LogP contribution in [0.3, 0.4) is 0 Å². The second-order valence-electron chi connectivity index (χ2n) is 3.47. The van der Waals surface area contributed by atoms with Crippen LogP contribution < -0.4 is 5.32 Å². The Bertz CT molecular complexity index is 451. The molecule has 1 N–H and O–H groups in total. The summed E-state index contributed by atoms with van der Waals surface area (Å²) in [5.41, 5.74) is 1.05. The summed E-state index contributed by atoms with van der Waals surface area (Å²) in [5, 5.41) is 2.83. The highest BCUT2D eigenvalue weighted by Crippen LogP contribution is 2.11. The SMILES string of the molecule is C[C@H](NC(=O)c1cnco1)c1ccccc1. The quantitative estimate of drug-likeness (QED) is 0.855. The van der Waals surface area contributed by atoms with Gasteiger partial charge in [-0.05, 0) is 12.5 Å². The molecule has 4 heteroatoms. The van der Waals surface area contributed by atoms with Crippen LogP contribution in [0.4, 0.5) is 0 Å². The number of benzene rings is 1. The van der Waals surface area contributed by atoms with Crippen molar-refractivity contribution in [3.63, 3.8) is 0 Å². The molecule has 4 nitrogen and oxygen atoms in total. The van der Waals surface area contributed by atoms with E-state index < -0.39 is 0 Å². The molecule has 1 atom stereocenters. The van der Waals surface area contributed by atoms with Gasteiger partial charge in [-0.15, -0.1) is 0 Å². The van der Waals surface area contributed by atoms with Gasteiger partial charge in [-0.25, -0.2) is 4.98 Å². The van der Waals surface area contributed by atoms with Gasteiger partial charge in [0.05, 0.1) is 12.2 Å². The summed E-state index contributed by atoms with van der Waals surface area (Å²) in [6.07, 6.45) is 2.63. The van der Waals surface area contributed by atoms with E-state index >= 15 is 0 Å². The van der Waals surface area contributed by atoms with Crippen molar-refractivity contribution in [2.24, 2.45) is 0 Å². The van der Waals surface area contributed by atoms with Crippen LogP contribution >= 0.6 is 0 Å². The molecule has 1 aromatic heterocycles. The molecule has 1 heterocycles. The predicted octanol–water partition coefficient (Wildman–Crippen LogP) is 2.17. The summed E-state index contributed by atoms with van der Waals surface area (Å²) in [4.78, 5) is 15.3. The first kappa shape index (κ1) is 10.4.